The van der Waals surface area contributed by atoms with Crippen LogP contribution in [-0.2, 0) is 16.4 Å². The molecule has 0 saturated carbocycles. The average Bonchev–Trinajstić information content (AvgIpc) is 0. The molecule has 9 heteroatoms. The molecule has 0 fully saturated rings. The quantitative estimate of drug-likeness (QED) is 0.317. The lowest BCUT2D eigenvalue weighted by atomic mass is 16.0. The van der Waals surface area contributed by atoms with Gasteiger partial charge < -0.3 is 28.2 Å². The second kappa shape index (κ2) is 1070. The van der Waals surface area contributed by atoms with Gasteiger partial charge in [0.05, 0.1) is 0 Å². The van der Waals surface area contributed by atoms with E-state index in [1.54, 1.807) is 0 Å². The highest BCUT2D eigenvalue weighted by Crippen LogP contribution is -0.117. The monoisotopic (exact) mass is 162 g/mol. The van der Waals surface area contributed by atoms with Crippen LogP contribution in [0.1, 0.15) is 0 Å². The Hall–Kier alpha value is -0.540. The molecule has 12 radical (unpaired) electrons. The third kappa shape index (κ3) is 763. The minimum Gasteiger partial charge on any atom is -1.00 e. The third-order valence-corrected chi connectivity index (χ3v) is 0. The van der Waals surface area contributed by atoms with Crippen molar-refractivity contribution in [1.29, 1.82) is 0 Å². The van der Waals surface area contributed by atoms with Crippen molar-refractivity contribution >= 4 is 0 Å². The molecule has 0 amide bonds. The van der Waals surface area contributed by atoms with Gasteiger partial charge in [0.15, 0.2) is 0 Å². The minimum atomic E-state index is 0. The molecule has 3 nitrogen and oxygen atoms in total. The van der Waals surface area contributed by atoms with Crippen LogP contribution in [-0.4, -0.2) is 0 Å². The molecule has 0 aromatic rings. The minimum absolute atomic E-state index is 0. The molecular weight excluding hydrogens is 162 g/mol. The van der Waals surface area contributed by atoms with Crippen molar-refractivity contribution in [2.24, 2.45) is 0 Å². The first-order valence-electron chi connectivity index (χ1n) is 0. The van der Waals surface area contributed by atoms with Crippen molar-refractivity contribution in [3.8, 4) is 0 Å². The molecular formula is F6O3. The van der Waals surface area contributed by atoms with Crippen molar-refractivity contribution in [3.05, 3.63) is 0 Å². The Balaban J connectivity index is 0. The van der Waals surface area contributed by atoms with Gasteiger partial charge in [-0.25, -0.2) is 0 Å². The topological polar surface area (TPSA) is 85.5 Å². The van der Waals surface area contributed by atoms with Crippen molar-refractivity contribution in [2.45, 2.75) is 0 Å². The van der Waals surface area contributed by atoms with Gasteiger partial charge in [-0.15, -0.1) is 0 Å². The Labute approximate surface area is 46.2 Å². The number of halogens is 6. The largest absolute Gasteiger partial charge is 2.00 e. The van der Waals surface area contributed by atoms with E-state index in [2.05, 4.69) is 0 Å². The predicted molar refractivity (Wildman–Crippen MR) is 2.06 cm³/mol. The molecule has 0 bridgehead atoms. The summed E-state index contributed by atoms with van der Waals surface area (Å²) < 4.78 is 0. The molecule has 0 aromatic heterocycles. The van der Waals surface area contributed by atoms with Crippen LogP contribution in [0.4, 0.5) is 0 Å². The highest BCUT2D eigenvalue weighted by atomic mass is 19.0. The highest BCUT2D eigenvalue weighted by Gasteiger charge is 2.00. The number of hydrogen-bond donors (Lipinski definition) is 0. The van der Waals surface area contributed by atoms with Crippen LogP contribution in [0.5, 0.6) is 0 Å². The van der Waals surface area contributed by atoms with E-state index in [1.165, 1.54) is 0 Å². The first kappa shape index (κ1) is 1610. The summed E-state index contributed by atoms with van der Waals surface area (Å²) in [5.41, 5.74) is 0. The summed E-state index contributed by atoms with van der Waals surface area (Å²) in [6.07, 6.45) is 0. The Kier molecular flexibility index (Phi) is 192000. The maximum absolute atomic E-state index is 0. The second-order valence-electron chi connectivity index (χ2n) is 0. The van der Waals surface area contributed by atoms with E-state index in [0.717, 1.165) is 0 Å². The number of hydrogen-bond acceptors (Lipinski definition) is 0. The van der Waals surface area contributed by atoms with E-state index in [9.17, 15) is 0 Å². The third-order valence-electron chi connectivity index (χ3n) is 0. The van der Waals surface area contributed by atoms with Gasteiger partial charge in [0, 0.05) is 0 Å². The Morgan fingerprint density at radius 1 is 0.222 bits per heavy atom. The standard InChI is InChI=1S/6FH.3O/h6*1H;;;/q;;;;;;3*+2/p-6. The first-order valence-corrected chi connectivity index (χ1v) is 0. The molecule has 0 heterocycles. The normalized spacial score (nSPS) is 0. The lowest BCUT2D eigenvalue weighted by Crippen LogP contribution is -3.00. The summed E-state index contributed by atoms with van der Waals surface area (Å²) in [7, 11) is 0. The summed E-state index contributed by atoms with van der Waals surface area (Å²) in [6, 6.07) is 0. The summed E-state index contributed by atoms with van der Waals surface area (Å²) >= 11 is 0. The highest BCUT2D eigenvalue weighted by molar-refractivity contribution is 0.689. The van der Waals surface area contributed by atoms with Gasteiger partial charge in [-0.2, -0.15) is 0 Å². The molecule has 0 saturated heterocycles. The Morgan fingerprint density at radius 3 is 0.222 bits per heavy atom. The fraction of sp³-hybridized carbons (Fsp3) is 0. The van der Waals surface area contributed by atoms with Crippen LogP contribution in [0, 0.1) is 0 Å². The molecule has 0 aliphatic carbocycles. The van der Waals surface area contributed by atoms with Crippen LogP contribution < -0.4 is 28.2 Å². The molecule has 0 aromatic carbocycles. The molecule has 0 aliphatic rings. The molecule has 0 rings (SSSR count). The van der Waals surface area contributed by atoms with Gasteiger partial charge in [-0.3, -0.25) is 0 Å². The van der Waals surface area contributed by atoms with Gasteiger partial charge >= 0.3 is 16.4 Å². The van der Waals surface area contributed by atoms with Crippen LogP contribution in [0.15, 0.2) is 0 Å². The zero-order valence-corrected chi connectivity index (χ0v) is 3.49. The Bertz CT molecular complexity index is 8.26. The fourth-order valence-electron chi connectivity index (χ4n) is 0. The molecule has 9 heavy (non-hydrogen) atoms. The lowest BCUT2D eigenvalue weighted by molar-refractivity contribution is -0.00100. The van der Waals surface area contributed by atoms with Gasteiger partial charge in [0.2, 0.25) is 0 Å². The van der Waals surface area contributed by atoms with Crippen LogP contribution in [0.25, 0.3) is 0 Å². The molecule has 0 atom stereocenters. The van der Waals surface area contributed by atoms with Crippen LogP contribution in [0.2, 0.25) is 0 Å². The van der Waals surface area contributed by atoms with E-state index >= 15 is 0 Å². The van der Waals surface area contributed by atoms with Gasteiger partial charge in [-0.05, 0) is 0 Å². The van der Waals surface area contributed by atoms with Gasteiger partial charge in [0.25, 0.3) is 0 Å². The summed E-state index contributed by atoms with van der Waals surface area (Å²) in [6.45, 7) is 0. The van der Waals surface area contributed by atoms with Crippen LogP contribution >= 0.6 is 0 Å². The SMILES string of the molecule is [F-].[F-].[F-].[F-].[F-].[F-].[O+2].[O+2].[O+2]. The van der Waals surface area contributed by atoms with E-state index in [1.807, 2.05) is 0 Å². The van der Waals surface area contributed by atoms with E-state index in [0.29, 0.717) is 0 Å². The van der Waals surface area contributed by atoms with Crippen molar-refractivity contribution in [3.63, 3.8) is 0 Å². The zero-order chi connectivity index (χ0) is 0. The van der Waals surface area contributed by atoms with E-state index in [4.69, 9.17) is 0 Å². The molecule has 0 N–H and O–H groups in total. The average molecular weight is 162 g/mol. The summed E-state index contributed by atoms with van der Waals surface area (Å²) in [5.74, 6) is 0. The van der Waals surface area contributed by atoms with Crippen molar-refractivity contribution < 1.29 is 44.7 Å². The van der Waals surface area contributed by atoms with E-state index in [-0.39, 0.29) is 44.7 Å². The fourth-order valence-corrected chi connectivity index (χ4v) is 0. The molecule has 0 unspecified atom stereocenters. The Morgan fingerprint density at radius 2 is 0.222 bits per heavy atom. The van der Waals surface area contributed by atoms with Gasteiger partial charge in [0.1, 0.15) is 0 Å². The van der Waals surface area contributed by atoms with Crippen LogP contribution in [0.3, 0.4) is 0 Å². The van der Waals surface area contributed by atoms with Crippen molar-refractivity contribution in [1.82, 2.24) is 0 Å². The molecule has 0 aliphatic heterocycles. The lowest BCUT2D eigenvalue weighted by Gasteiger charge is -1.00. The smallest absolute Gasteiger partial charge is 1.00 e. The van der Waals surface area contributed by atoms with E-state index < -0.39 is 0 Å². The van der Waals surface area contributed by atoms with Gasteiger partial charge in [-0.1, -0.05) is 0 Å². The zero-order valence-electron chi connectivity index (χ0n) is 3.49. The molecule has 60 valence electrons. The second-order valence-corrected chi connectivity index (χ2v) is 0. The maximum atomic E-state index is 0. The van der Waals surface area contributed by atoms with Crippen molar-refractivity contribution in [2.75, 3.05) is 0 Å². The summed E-state index contributed by atoms with van der Waals surface area (Å²) in [4.78, 5) is 0. The number of rotatable bonds is 0. The first-order chi connectivity index (χ1) is 0. The molecule has 0 spiro atoms. The maximum Gasteiger partial charge on any atom is 2.00 e. The summed E-state index contributed by atoms with van der Waals surface area (Å²) in [5, 5.41) is 0. The predicted octanol–water partition coefficient (Wildman–Crippen LogP) is -18.3.